The van der Waals surface area contributed by atoms with Crippen LogP contribution < -0.4 is 0 Å². The molecular formula is C14H15FO4S. The standard InChI is InChI=1S/C14H15FO4S/c1-14(2)8-18-12(16)10(14)19-13(17)11(15)20-9-6-4-3-5-7-9/h3-7,10-11H,8H2,1-2H3/t10-,11+/m0/s1. The summed E-state index contributed by atoms with van der Waals surface area (Å²) in [6.45, 7) is 3.62. The summed E-state index contributed by atoms with van der Waals surface area (Å²) in [6, 6.07) is 8.68. The van der Waals surface area contributed by atoms with Crippen molar-refractivity contribution in [2.75, 3.05) is 6.61 Å². The predicted octanol–water partition coefficient (Wildman–Crippen LogP) is 2.57. The second kappa shape index (κ2) is 5.83. The Hall–Kier alpha value is -1.56. The minimum absolute atomic E-state index is 0.159. The molecule has 0 saturated carbocycles. The number of hydrogen-bond acceptors (Lipinski definition) is 5. The van der Waals surface area contributed by atoms with E-state index in [1.807, 2.05) is 0 Å². The van der Waals surface area contributed by atoms with Crippen LogP contribution in [0, 0.1) is 5.41 Å². The average molecular weight is 298 g/mol. The van der Waals surface area contributed by atoms with E-state index in [1.165, 1.54) is 0 Å². The van der Waals surface area contributed by atoms with Crippen molar-refractivity contribution in [1.29, 1.82) is 0 Å². The number of carbonyl (C=O) groups excluding carboxylic acids is 2. The van der Waals surface area contributed by atoms with Crippen LogP contribution in [0.1, 0.15) is 13.8 Å². The van der Waals surface area contributed by atoms with Gasteiger partial charge in [0, 0.05) is 10.3 Å². The highest BCUT2D eigenvalue weighted by Crippen LogP contribution is 2.33. The third kappa shape index (κ3) is 3.30. The van der Waals surface area contributed by atoms with E-state index < -0.39 is 29.0 Å². The van der Waals surface area contributed by atoms with Crippen LogP contribution in [-0.4, -0.2) is 30.2 Å². The lowest BCUT2D eigenvalue weighted by atomic mass is 9.90. The van der Waals surface area contributed by atoms with Gasteiger partial charge in [0.05, 0.1) is 0 Å². The van der Waals surface area contributed by atoms with E-state index in [2.05, 4.69) is 0 Å². The Kier molecular flexibility index (Phi) is 4.32. The molecule has 1 fully saturated rings. The van der Waals surface area contributed by atoms with Gasteiger partial charge in [-0.3, -0.25) is 0 Å². The van der Waals surface area contributed by atoms with E-state index >= 15 is 0 Å². The van der Waals surface area contributed by atoms with E-state index in [1.54, 1.807) is 44.2 Å². The molecule has 108 valence electrons. The van der Waals surface area contributed by atoms with Crippen LogP contribution in [0.15, 0.2) is 35.2 Å². The van der Waals surface area contributed by atoms with Crippen molar-refractivity contribution in [3.05, 3.63) is 30.3 Å². The van der Waals surface area contributed by atoms with Crippen LogP contribution in [0.3, 0.4) is 0 Å². The lowest BCUT2D eigenvalue weighted by molar-refractivity contribution is -0.164. The summed E-state index contributed by atoms with van der Waals surface area (Å²) in [7, 11) is 0. The van der Waals surface area contributed by atoms with Gasteiger partial charge >= 0.3 is 11.9 Å². The molecule has 0 radical (unpaired) electrons. The molecule has 0 unspecified atom stereocenters. The van der Waals surface area contributed by atoms with Gasteiger partial charge in [0.2, 0.25) is 11.6 Å². The maximum Gasteiger partial charge on any atom is 0.352 e. The number of halogens is 1. The second-order valence-electron chi connectivity index (χ2n) is 5.16. The Labute approximate surface area is 120 Å². The summed E-state index contributed by atoms with van der Waals surface area (Å²) < 4.78 is 23.6. The maximum absolute atomic E-state index is 13.9. The second-order valence-corrected chi connectivity index (χ2v) is 6.28. The normalized spacial score (nSPS) is 22.1. The Morgan fingerprint density at radius 1 is 1.45 bits per heavy atom. The zero-order chi connectivity index (χ0) is 14.8. The number of cyclic esters (lactones) is 1. The first-order valence-corrected chi connectivity index (χ1v) is 7.01. The van der Waals surface area contributed by atoms with Crippen LogP contribution in [0.2, 0.25) is 0 Å². The highest BCUT2D eigenvalue weighted by Gasteiger charge is 2.47. The van der Waals surface area contributed by atoms with Crippen molar-refractivity contribution >= 4 is 23.7 Å². The first-order chi connectivity index (χ1) is 9.40. The van der Waals surface area contributed by atoms with E-state index in [4.69, 9.17) is 9.47 Å². The number of alkyl halides is 1. The molecule has 0 aliphatic carbocycles. The van der Waals surface area contributed by atoms with Gasteiger partial charge in [-0.25, -0.2) is 14.0 Å². The lowest BCUT2D eigenvalue weighted by Crippen LogP contribution is -2.36. The minimum Gasteiger partial charge on any atom is -0.462 e. The molecule has 0 bridgehead atoms. The molecule has 1 aromatic rings. The number of benzene rings is 1. The van der Waals surface area contributed by atoms with Gasteiger partial charge in [-0.05, 0) is 12.1 Å². The van der Waals surface area contributed by atoms with Gasteiger partial charge in [0.25, 0.3) is 0 Å². The first kappa shape index (κ1) is 14.8. The molecule has 0 N–H and O–H groups in total. The fraction of sp³-hybridized carbons (Fsp3) is 0.429. The van der Waals surface area contributed by atoms with Crippen LogP contribution in [0.5, 0.6) is 0 Å². The average Bonchev–Trinajstić information content (AvgIpc) is 2.66. The van der Waals surface area contributed by atoms with Crippen molar-refractivity contribution in [1.82, 2.24) is 0 Å². The number of thioether (sulfide) groups is 1. The minimum atomic E-state index is -1.87. The fourth-order valence-corrected chi connectivity index (χ4v) is 2.48. The predicted molar refractivity (Wildman–Crippen MR) is 71.8 cm³/mol. The molecule has 4 nitrogen and oxygen atoms in total. The number of ether oxygens (including phenoxy) is 2. The zero-order valence-corrected chi connectivity index (χ0v) is 12.0. The molecule has 1 saturated heterocycles. The van der Waals surface area contributed by atoms with Gasteiger partial charge in [-0.15, -0.1) is 0 Å². The van der Waals surface area contributed by atoms with E-state index in [-0.39, 0.29) is 6.61 Å². The fourth-order valence-electron chi connectivity index (χ4n) is 1.77. The summed E-state index contributed by atoms with van der Waals surface area (Å²) in [6.07, 6.45) is -1.05. The van der Waals surface area contributed by atoms with Crippen molar-refractivity contribution in [2.24, 2.45) is 5.41 Å². The summed E-state index contributed by atoms with van der Waals surface area (Å²) in [4.78, 5) is 23.8. The molecular weight excluding hydrogens is 283 g/mol. The molecule has 0 aromatic heterocycles. The summed E-state index contributed by atoms with van der Waals surface area (Å²) in [5.74, 6) is -1.68. The van der Waals surface area contributed by atoms with Crippen LogP contribution >= 0.6 is 11.8 Å². The van der Waals surface area contributed by atoms with Gasteiger partial charge in [-0.2, -0.15) is 0 Å². The smallest absolute Gasteiger partial charge is 0.352 e. The van der Waals surface area contributed by atoms with Crippen LogP contribution in [-0.2, 0) is 19.1 Å². The van der Waals surface area contributed by atoms with Crippen LogP contribution in [0.4, 0.5) is 4.39 Å². The molecule has 20 heavy (non-hydrogen) atoms. The van der Waals surface area contributed by atoms with Crippen molar-refractivity contribution < 1.29 is 23.5 Å². The van der Waals surface area contributed by atoms with Gasteiger partial charge < -0.3 is 9.47 Å². The van der Waals surface area contributed by atoms with Gasteiger partial charge in [0.15, 0.2) is 0 Å². The summed E-state index contributed by atoms with van der Waals surface area (Å²) >= 11 is 0.743. The SMILES string of the molecule is CC1(C)COC(=O)[C@@H]1OC(=O)[C@H](F)Sc1ccccc1. The van der Waals surface area contributed by atoms with E-state index in [0.29, 0.717) is 4.90 Å². The number of hydrogen-bond donors (Lipinski definition) is 0. The topological polar surface area (TPSA) is 52.6 Å². The molecule has 2 atom stereocenters. The molecule has 1 aliphatic heterocycles. The Morgan fingerprint density at radius 3 is 2.65 bits per heavy atom. The van der Waals surface area contributed by atoms with E-state index in [9.17, 15) is 14.0 Å². The molecule has 0 spiro atoms. The molecule has 1 aliphatic rings. The summed E-state index contributed by atoms with van der Waals surface area (Å²) in [5.41, 5.74) is -2.51. The largest absolute Gasteiger partial charge is 0.462 e. The van der Waals surface area contributed by atoms with Gasteiger partial charge in [0.1, 0.15) is 6.61 Å². The molecule has 2 rings (SSSR count). The molecule has 1 aromatic carbocycles. The highest BCUT2D eigenvalue weighted by atomic mass is 32.2. The van der Waals surface area contributed by atoms with Crippen molar-refractivity contribution in [3.8, 4) is 0 Å². The van der Waals surface area contributed by atoms with Crippen LogP contribution in [0.25, 0.3) is 0 Å². The third-order valence-electron chi connectivity index (χ3n) is 2.91. The lowest BCUT2D eigenvalue weighted by Gasteiger charge is -2.22. The van der Waals surface area contributed by atoms with Crippen molar-refractivity contribution in [3.63, 3.8) is 0 Å². The zero-order valence-electron chi connectivity index (χ0n) is 11.2. The maximum atomic E-state index is 13.9. The molecule has 0 amide bonds. The Bertz CT molecular complexity index is 503. The Morgan fingerprint density at radius 2 is 2.10 bits per heavy atom. The molecule has 1 heterocycles. The van der Waals surface area contributed by atoms with Crippen molar-refractivity contribution in [2.45, 2.75) is 30.4 Å². The number of rotatable bonds is 4. The summed E-state index contributed by atoms with van der Waals surface area (Å²) in [5, 5.41) is 0. The quantitative estimate of drug-likeness (QED) is 0.631. The van der Waals surface area contributed by atoms with Gasteiger partial charge in [-0.1, -0.05) is 43.8 Å². The Balaban J connectivity index is 1.96. The highest BCUT2D eigenvalue weighted by molar-refractivity contribution is 8.00. The third-order valence-corrected chi connectivity index (χ3v) is 3.86. The number of carbonyl (C=O) groups is 2. The number of esters is 2. The first-order valence-electron chi connectivity index (χ1n) is 6.13. The monoisotopic (exact) mass is 298 g/mol. The molecule has 6 heteroatoms. The van der Waals surface area contributed by atoms with E-state index in [0.717, 1.165) is 11.8 Å².